The maximum atomic E-state index is 13.7. The second-order valence-corrected chi connectivity index (χ2v) is 4.77. The Morgan fingerprint density at radius 2 is 1.90 bits per heavy atom. The number of halogens is 2. The number of hydrogen-bond donors (Lipinski definition) is 0. The van der Waals surface area contributed by atoms with Gasteiger partial charge in [0.25, 0.3) is 0 Å². The molecule has 0 radical (unpaired) electrons. The number of fused-ring (bicyclic) bond motifs is 1. The molecule has 3 aromatic rings. The summed E-state index contributed by atoms with van der Waals surface area (Å²) in [5.74, 6) is -1.18. The molecule has 0 saturated carbocycles. The first-order valence-electron chi connectivity index (χ1n) is 6.44. The van der Waals surface area contributed by atoms with Gasteiger partial charge in [-0.3, -0.25) is 9.78 Å². The van der Waals surface area contributed by atoms with Crippen LogP contribution in [0.25, 0.3) is 10.8 Å². The summed E-state index contributed by atoms with van der Waals surface area (Å²) >= 11 is 0. The van der Waals surface area contributed by atoms with E-state index in [1.165, 1.54) is 12.1 Å². The predicted molar refractivity (Wildman–Crippen MR) is 76.3 cm³/mol. The van der Waals surface area contributed by atoms with Crippen molar-refractivity contribution in [2.24, 2.45) is 0 Å². The average Bonchev–Trinajstić information content (AvgIpc) is 2.49. The van der Waals surface area contributed by atoms with E-state index in [0.29, 0.717) is 16.8 Å². The van der Waals surface area contributed by atoms with Crippen LogP contribution in [0.4, 0.5) is 8.78 Å². The van der Waals surface area contributed by atoms with Gasteiger partial charge in [-0.15, -0.1) is 0 Å². The van der Waals surface area contributed by atoms with Crippen LogP contribution in [0.15, 0.2) is 48.7 Å². The van der Waals surface area contributed by atoms with E-state index in [1.807, 2.05) is 0 Å². The quantitative estimate of drug-likeness (QED) is 0.682. The van der Waals surface area contributed by atoms with E-state index in [2.05, 4.69) is 4.98 Å². The molecule has 1 heterocycles. The van der Waals surface area contributed by atoms with Crippen LogP contribution in [0.2, 0.25) is 0 Å². The molecule has 2 aromatic carbocycles. The molecule has 1 aromatic heterocycles. The molecule has 0 atom stereocenters. The van der Waals surface area contributed by atoms with E-state index in [1.54, 1.807) is 30.5 Å². The zero-order valence-corrected chi connectivity index (χ0v) is 11.0. The molecule has 0 aliphatic rings. The Hall–Kier alpha value is -2.62. The van der Waals surface area contributed by atoms with Crippen molar-refractivity contribution >= 4 is 17.1 Å². The van der Waals surface area contributed by atoms with Crippen LogP contribution < -0.4 is 0 Å². The molecule has 0 unspecified atom stereocenters. The lowest BCUT2D eigenvalue weighted by Gasteiger charge is -2.07. The number of pyridine rings is 1. The highest BCUT2D eigenvalue weighted by Gasteiger charge is 2.09. The summed E-state index contributed by atoms with van der Waals surface area (Å²) in [4.78, 5) is 15.1. The topological polar surface area (TPSA) is 30.0 Å². The van der Waals surface area contributed by atoms with Crippen molar-refractivity contribution in [3.63, 3.8) is 0 Å². The fourth-order valence-electron chi connectivity index (χ4n) is 2.32. The van der Waals surface area contributed by atoms with Crippen molar-refractivity contribution in [3.8, 4) is 0 Å². The molecule has 0 fully saturated rings. The van der Waals surface area contributed by atoms with Crippen LogP contribution in [0, 0.1) is 11.6 Å². The lowest BCUT2D eigenvalue weighted by atomic mass is 10.0. The van der Waals surface area contributed by atoms with Gasteiger partial charge in [0.15, 0.2) is 0 Å². The Morgan fingerprint density at radius 1 is 1.05 bits per heavy atom. The van der Waals surface area contributed by atoms with Crippen LogP contribution >= 0.6 is 0 Å². The largest absolute Gasteiger partial charge is 0.298 e. The van der Waals surface area contributed by atoms with Crippen LogP contribution in [-0.4, -0.2) is 11.3 Å². The summed E-state index contributed by atoms with van der Waals surface area (Å²) < 4.78 is 26.7. The minimum atomic E-state index is -0.599. The minimum Gasteiger partial charge on any atom is -0.298 e. The average molecular weight is 283 g/mol. The molecule has 0 amide bonds. The summed E-state index contributed by atoms with van der Waals surface area (Å²) in [6, 6.07) is 10.6. The predicted octanol–water partition coefficient (Wildman–Crippen LogP) is 3.92. The Kier molecular flexibility index (Phi) is 3.44. The molecule has 0 aliphatic heterocycles. The minimum absolute atomic E-state index is 0.268. The Balaban J connectivity index is 2.06. The lowest BCUT2D eigenvalue weighted by molar-refractivity contribution is 0.112. The monoisotopic (exact) mass is 283 g/mol. The SMILES string of the molecule is O=Cc1ccc2c(Cc3ccc(F)cc3F)nccc2c1. The van der Waals surface area contributed by atoms with Gasteiger partial charge in [-0.25, -0.2) is 8.78 Å². The first-order valence-corrected chi connectivity index (χ1v) is 6.44. The first kappa shape index (κ1) is 13.4. The van der Waals surface area contributed by atoms with Gasteiger partial charge in [-0.1, -0.05) is 18.2 Å². The number of benzene rings is 2. The van der Waals surface area contributed by atoms with E-state index in [9.17, 15) is 13.6 Å². The number of hydrogen-bond acceptors (Lipinski definition) is 2. The molecular formula is C17H11F2NO. The molecule has 104 valence electrons. The molecule has 4 heteroatoms. The van der Waals surface area contributed by atoms with Crippen LogP contribution in [0.3, 0.4) is 0 Å². The standard InChI is InChI=1S/C17H11F2NO/c18-14-3-2-13(16(19)9-14)8-17-15-4-1-11(10-21)7-12(15)5-6-20-17/h1-7,9-10H,8H2. The van der Waals surface area contributed by atoms with E-state index in [-0.39, 0.29) is 6.42 Å². The van der Waals surface area contributed by atoms with Crippen molar-refractivity contribution < 1.29 is 13.6 Å². The number of rotatable bonds is 3. The van der Waals surface area contributed by atoms with Gasteiger partial charge in [-0.2, -0.15) is 0 Å². The summed E-state index contributed by atoms with van der Waals surface area (Å²) in [6.45, 7) is 0. The number of aldehydes is 1. The second kappa shape index (κ2) is 5.40. The van der Waals surface area contributed by atoms with Crippen LogP contribution in [0.5, 0.6) is 0 Å². The fourth-order valence-corrected chi connectivity index (χ4v) is 2.32. The number of carbonyl (C=O) groups excluding carboxylic acids is 1. The molecule has 0 bridgehead atoms. The zero-order valence-electron chi connectivity index (χ0n) is 11.0. The molecule has 3 rings (SSSR count). The zero-order chi connectivity index (χ0) is 14.8. The highest BCUT2D eigenvalue weighted by Crippen LogP contribution is 2.22. The summed E-state index contributed by atoms with van der Waals surface area (Å²) in [7, 11) is 0. The van der Waals surface area contributed by atoms with Gasteiger partial charge >= 0.3 is 0 Å². The van der Waals surface area contributed by atoms with Gasteiger partial charge < -0.3 is 0 Å². The maximum absolute atomic E-state index is 13.7. The molecule has 0 N–H and O–H groups in total. The normalized spacial score (nSPS) is 10.8. The fraction of sp³-hybridized carbons (Fsp3) is 0.0588. The Labute approximate surface area is 120 Å². The van der Waals surface area contributed by atoms with Crippen LogP contribution in [-0.2, 0) is 6.42 Å². The van der Waals surface area contributed by atoms with E-state index < -0.39 is 11.6 Å². The number of aromatic nitrogens is 1. The molecule has 21 heavy (non-hydrogen) atoms. The second-order valence-electron chi connectivity index (χ2n) is 4.77. The summed E-state index contributed by atoms with van der Waals surface area (Å²) in [5, 5.41) is 1.72. The Bertz CT molecular complexity index is 830. The van der Waals surface area contributed by atoms with Gasteiger partial charge in [0.05, 0.1) is 5.69 Å². The third-order valence-electron chi connectivity index (χ3n) is 3.38. The molecule has 0 spiro atoms. The van der Waals surface area contributed by atoms with Crippen LogP contribution in [0.1, 0.15) is 21.6 Å². The van der Waals surface area contributed by atoms with Gasteiger partial charge in [0.2, 0.25) is 0 Å². The van der Waals surface area contributed by atoms with Crippen molar-refractivity contribution in [2.45, 2.75) is 6.42 Å². The maximum Gasteiger partial charge on any atom is 0.150 e. The molecular weight excluding hydrogens is 272 g/mol. The van der Waals surface area contributed by atoms with Crippen molar-refractivity contribution in [2.75, 3.05) is 0 Å². The first-order chi connectivity index (χ1) is 10.2. The van der Waals surface area contributed by atoms with Gasteiger partial charge in [0, 0.05) is 29.6 Å². The van der Waals surface area contributed by atoms with E-state index in [0.717, 1.165) is 23.1 Å². The number of carbonyl (C=O) groups is 1. The van der Waals surface area contributed by atoms with Crippen molar-refractivity contribution in [3.05, 3.63) is 77.1 Å². The van der Waals surface area contributed by atoms with Crippen molar-refractivity contribution in [1.82, 2.24) is 4.98 Å². The lowest BCUT2D eigenvalue weighted by Crippen LogP contribution is -1.97. The summed E-state index contributed by atoms with van der Waals surface area (Å²) in [5.41, 5.74) is 1.65. The third-order valence-corrected chi connectivity index (χ3v) is 3.38. The summed E-state index contributed by atoms with van der Waals surface area (Å²) in [6.07, 6.45) is 2.66. The van der Waals surface area contributed by atoms with Gasteiger partial charge in [-0.05, 0) is 29.1 Å². The van der Waals surface area contributed by atoms with E-state index >= 15 is 0 Å². The Morgan fingerprint density at radius 3 is 2.67 bits per heavy atom. The van der Waals surface area contributed by atoms with Gasteiger partial charge in [0.1, 0.15) is 17.9 Å². The highest BCUT2D eigenvalue weighted by molar-refractivity contribution is 5.90. The van der Waals surface area contributed by atoms with E-state index in [4.69, 9.17) is 0 Å². The number of nitrogens with zero attached hydrogens (tertiary/aromatic N) is 1. The molecule has 0 saturated heterocycles. The smallest absolute Gasteiger partial charge is 0.150 e. The van der Waals surface area contributed by atoms with Crippen molar-refractivity contribution in [1.29, 1.82) is 0 Å². The molecule has 0 aliphatic carbocycles. The molecule has 2 nitrogen and oxygen atoms in total. The third kappa shape index (κ3) is 2.65. The highest BCUT2D eigenvalue weighted by atomic mass is 19.1.